The van der Waals surface area contributed by atoms with Gasteiger partial charge in [-0.25, -0.2) is 8.78 Å². The summed E-state index contributed by atoms with van der Waals surface area (Å²) in [6.07, 6.45) is 1.07. The summed E-state index contributed by atoms with van der Waals surface area (Å²) in [6, 6.07) is 3.46. The quantitative estimate of drug-likeness (QED) is 0.862. The fourth-order valence-corrected chi connectivity index (χ4v) is 2.24. The first kappa shape index (κ1) is 11.4. The monoisotopic (exact) mass is 242 g/mol. The summed E-state index contributed by atoms with van der Waals surface area (Å²) in [5, 5.41) is 3.83. The van der Waals surface area contributed by atoms with E-state index >= 15 is 0 Å². The lowest BCUT2D eigenvalue weighted by molar-refractivity contribution is 0.582. The second-order valence-corrected chi connectivity index (χ2v) is 4.56. The van der Waals surface area contributed by atoms with Crippen LogP contribution >= 0.6 is 11.8 Å². The van der Waals surface area contributed by atoms with E-state index in [0.717, 1.165) is 36.0 Å². The summed E-state index contributed by atoms with van der Waals surface area (Å²) >= 11 is 1.62. The molecule has 1 N–H and O–H groups in total. The SMILES string of the molecule is Fc1ccc(F)c(CNC2=NCCCS2)c1. The molecule has 86 valence electrons. The lowest BCUT2D eigenvalue weighted by Crippen LogP contribution is -2.23. The van der Waals surface area contributed by atoms with Crippen LogP contribution in [0.3, 0.4) is 0 Å². The zero-order chi connectivity index (χ0) is 11.4. The first-order valence-electron chi connectivity index (χ1n) is 5.11. The van der Waals surface area contributed by atoms with Gasteiger partial charge in [0.1, 0.15) is 11.6 Å². The molecule has 16 heavy (non-hydrogen) atoms. The number of nitrogens with zero attached hydrogens (tertiary/aromatic N) is 1. The third kappa shape index (κ3) is 2.95. The summed E-state index contributed by atoms with van der Waals surface area (Å²) in [6.45, 7) is 1.08. The Balaban J connectivity index is 1.98. The maximum atomic E-state index is 13.3. The number of thioether (sulfide) groups is 1. The van der Waals surface area contributed by atoms with Gasteiger partial charge in [0, 0.05) is 24.4 Å². The average Bonchev–Trinajstić information content (AvgIpc) is 2.32. The molecule has 5 heteroatoms. The van der Waals surface area contributed by atoms with Gasteiger partial charge in [0.2, 0.25) is 0 Å². The summed E-state index contributed by atoms with van der Waals surface area (Å²) in [7, 11) is 0. The lowest BCUT2D eigenvalue weighted by Gasteiger charge is -2.13. The van der Waals surface area contributed by atoms with E-state index in [1.54, 1.807) is 11.8 Å². The molecule has 1 heterocycles. The molecule has 0 aliphatic carbocycles. The predicted octanol–water partition coefficient (Wildman–Crippen LogP) is 2.55. The first-order valence-corrected chi connectivity index (χ1v) is 6.09. The molecular formula is C11H12F2N2S. The fraction of sp³-hybridized carbons (Fsp3) is 0.364. The van der Waals surface area contributed by atoms with Crippen molar-refractivity contribution >= 4 is 16.9 Å². The van der Waals surface area contributed by atoms with Crippen LogP contribution in [0.1, 0.15) is 12.0 Å². The van der Waals surface area contributed by atoms with Gasteiger partial charge in [0.15, 0.2) is 5.17 Å². The van der Waals surface area contributed by atoms with E-state index in [1.165, 1.54) is 6.07 Å². The van der Waals surface area contributed by atoms with E-state index in [4.69, 9.17) is 0 Å². The Bertz CT molecular complexity index is 407. The van der Waals surface area contributed by atoms with E-state index in [-0.39, 0.29) is 6.54 Å². The standard InChI is InChI=1S/C11H12F2N2S/c12-9-2-3-10(13)8(6-9)7-15-11-14-4-1-5-16-11/h2-3,6H,1,4-5,7H2,(H,14,15). The number of amidine groups is 1. The average molecular weight is 242 g/mol. The number of benzene rings is 1. The van der Waals surface area contributed by atoms with E-state index in [1.807, 2.05) is 0 Å². The highest BCUT2D eigenvalue weighted by Gasteiger charge is 2.07. The Labute approximate surface area is 97.1 Å². The fourth-order valence-electron chi connectivity index (χ4n) is 1.42. The highest BCUT2D eigenvalue weighted by atomic mass is 32.2. The second-order valence-electron chi connectivity index (χ2n) is 3.48. The molecule has 2 nitrogen and oxygen atoms in total. The molecule has 1 aliphatic heterocycles. The van der Waals surface area contributed by atoms with Crippen molar-refractivity contribution in [3.8, 4) is 0 Å². The van der Waals surface area contributed by atoms with Crippen molar-refractivity contribution < 1.29 is 8.78 Å². The molecule has 0 amide bonds. The number of aliphatic imine (C=N–C) groups is 1. The van der Waals surface area contributed by atoms with Gasteiger partial charge < -0.3 is 5.32 Å². The van der Waals surface area contributed by atoms with Crippen molar-refractivity contribution in [1.29, 1.82) is 0 Å². The highest BCUT2D eigenvalue weighted by molar-refractivity contribution is 8.13. The predicted molar refractivity (Wildman–Crippen MR) is 62.6 cm³/mol. The summed E-state index contributed by atoms with van der Waals surface area (Å²) in [5.74, 6) is 0.212. The van der Waals surface area contributed by atoms with E-state index in [9.17, 15) is 8.78 Å². The number of nitrogens with one attached hydrogen (secondary N) is 1. The van der Waals surface area contributed by atoms with E-state index in [2.05, 4.69) is 10.3 Å². The van der Waals surface area contributed by atoms with Crippen molar-refractivity contribution in [2.45, 2.75) is 13.0 Å². The molecule has 1 aliphatic rings. The van der Waals surface area contributed by atoms with Crippen LogP contribution in [0.2, 0.25) is 0 Å². The number of rotatable bonds is 2. The maximum absolute atomic E-state index is 13.3. The maximum Gasteiger partial charge on any atom is 0.156 e. The summed E-state index contributed by atoms with van der Waals surface area (Å²) in [4.78, 5) is 4.25. The van der Waals surface area contributed by atoms with Crippen molar-refractivity contribution in [2.24, 2.45) is 4.99 Å². The van der Waals surface area contributed by atoms with Crippen molar-refractivity contribution in [3.63, 3.8) is 0 Å². The van der Waals surface area contributed by atoms with Gasteiger partial charge in [-0.1, -0.05) is 11.8 Å². The minimum absolute atomic E-state index is 0.273. The molecule has 0 saturated carbocycles. The topological polar surface area (TPSA) is 24.4 Å². The van der Waals surface area contributed by atoms with Crippen molar-refractivity contribution in [1.82, 2.24) is 5.32 Å². The van der Waals surface area contributed by atoms with Crippen LogP contribution in [-0.4, -0.2) is 17.5 Å². The van der Waals surface area contributed by atoms with Gasteiger partial charge in [-0.15, -0.1) is 0 Å². The summed E-state index contributed by atoms with van der Waals surface area (Å²) in [5.41, 5.74) is 0.328. The van der Waals surface area contributed by atoms with Crippen LogP contribution < -0.4 is 5.32 Å². The van der Waals surface area contributed by atoms with Crippen LogP contribution in [-0.2, 0) is 6.54 Å². The Kier molecular flexibility index (Phi) is 3.77. The summed E-state index contributed by atoms with van der Waals surface area (Å²) < 4.78 is 26.2. The minimum Gasteiger partial charge on any atom is -0.361 e. The van der Waals surface area contributed by atoms with E-state index < -0.39 is 11.6 Å². The Morgan fingerprint density at radius 3 is 3.00 bits per heavy atom. The molecule has 0 radical (unpaired) electrons. The zero-order valence-corrected chi connectivity index (χ0v) is 9.49. The van der Waals surface area contributed by atoms with Gasteiger partial charge in [-0.05, 0) is 24.6 Å². The molecule has 0 saturated heterocycles. The Morgan fingerprint density at radius 1 is 1.38 bits per heavy atom. The molecule has 0 fully saturated rings. The van der Waals surface area contributed by atoms with Gasteiger partial charge in [0.25, 0.3) is 0 Å². The second kappa shape index (κ2) is 5.30. The third-order valence-electron chi connectivity index (χ3n) is 2.23. The van der Waals surface area contributed by atoms with E-state index in [0.29, 0.717) is 5.56 Å². The first-order chi connectivity index (χ1) is 7.75. The molecular weight excluding hydrogens is 230 g/mol. The number of halogens is 2. The third-order valence-corrected chi connectivity index (χ3v) is 3.27. The highest BCUT2D eigenvalue weighted by Crippen LogP contribution is 2.13. The number of hydrogen-bond donors (Lipinski definition) is 1. The van der Waals surface area contributed by atoms with Gasteiger partial charge in [-0.3, -0.25) is 4.99 Å². The molecule has 0 bridgehead atoms. The lowest BCUT2D eigenvalue weighted by atomic mass is 10.2. The van der Waals surface area contributed by atoms with Gasteiger partial charge >= 0.3 is 0 Å². The van der Waals surface area contributed by atoms with Crippen LogP contribution in [0.5, 0.6) is 0 Å². The smallest absolute Gasteiger partial charge is 0.156 e. The van der Waals surface area contributed by atoms with Crippen molar-refractivity contribution in [2.75, 3.05) is 12.3 Å². The molecule has 0 unspecified atom stereocenters. The molecule has 0 aromatic heterocycles. The largest absolute Gasteiger partial charge is 0.361 e. The molecule has 1 aromatic rings. The van der Waals surface area contributed by atoms with Crippen LogP contribution in [0.4, 0.5) is 8.78 Å². The van der Waals surface area contributed by atoms with Crippen molar-refractivity contribution in [3.05, 3.63) is 35.4 Å². The molecule has 0 atom stereocenters. The van der Waals surface area contributed by atoms with Crippen LogP contribution in [0.25, 0.3) is 0 Å². The van der Waals surface area contributed by atoms with Gasteiger partial charge in [0.05, 0.1) is 0 Å². The van der Waals surface area contributed by atoms with Gasteiger partial charge in [-0.2, -0.15) is 0 Å². The molecule has 1 aromatic carbocycles. The molecule has 2 rings (SSSR count). The van der Waals surface area contributed by atoms with Crippen LogP contribution in [0.15, 0.2) is 23.2 Å². The Morgan fingerprint density at radius 2 is 2.25 bits per heavy atom. The minimum atomic E-state index is -0.420. The normalized spacial score (nSPS) is 15.8. The van der Waals surface area contributed by atoms with Crippen LogP contribution in [0, 0.1) is 11.6 Å². The Hall–Kier alpha value is -1.10. The zero-order valence-electron chi connectivity index (χ0n) is 8.67. The number of hydrogen-bond acceptors (Lipinski definition) is 3. The molecule has 0 spiro atoms.